The Balaban J connectivity index is 2.05. The standard InChI is InChI=1S/C17H15NO5/c1-9-3-4-10(5-15(9)22-2)12-8-16(23-18-12)17-13(20)6-11(19)7-14(17)21/h3-8,19-21H,1-2H3. The zero-order chi connectivity index (χ0) is 16.6. The number of methoxy groups -OCH3 is 1. The van der Waals surface area contributed by atoms with Gasteiger partial charge in [0.2, 0.25) is 0 Å². The fourth-order valence-electron chi connectivity index (χ4n) is 2.36. The fourth-order valence-corrected chi connectivity index (χ4v) is 2.36. The van der Waals surface area contributed by atoms with Crippen LogP contribution in [-0.4, -0.2) is 27.6 Å². The van der Waals surface area contributed by atoms with Crippen molar-refractivity contribution in [1.82, 2.24) is 5.16 Å². The van der Waals surface area contributed by atoms with Gasteiger partial charge in [0.05, 0.1) is 7.11 Å². The van der Waals surface area contributed by atoms with Crippen LogP contribution in [0.4, 0.5) is 0 Å². The molecule has 0 aliphatic heterocycles. The number of phenols is 3. The van der Waals surface area contributed by atoms with Crippen molar-refractivity contribution < 1.29 is 24.6 Å². The molecule has 0 amide bonds. The Bertz CT molecular complexity index is 846. The summed E-state index contributed by atoms with van der Waals surface area (Å²) in [5, 5.41) is 33.1. The Morgan fingerprint density at radius 1 is 1.00 bits per heavy atom. The van der Waals surface area contributed by atoms with Crippen LogP contribution >= 0.6 is 0 Å². The van der Waals surface area contributed by atoms with Crippen molar-refractivity contribution in [2.24, 2.45) is 0 Å². The molecule has 0 aliphatic rings. The highest BCUT2D eigenvalue weighted by Gasteiger charge is 2.18. The summed E-state index contributed by atoms with van der Waals surface area (Å²) in [6.45, 7) is 1.93. The zero-order valence-electron chi connectivity index (χ0n) is 12.6. The van der Waals surface area contributed by atoms with Gasteiger partial charge in [-0.1, -0.05) is 17.3 Å². The maximum absolute atomic E-state index is 9.90. The molecular formula is C17H15NO5. The number of hydrogen-bond donors (Lipinski definition) is 3. The quantitative estimate of drug-likeness (QED) is 0.685. The third kappa shape index (κ3) is 2.66. The average Bonchev–Trinajstić information content (AvgIpc) is 2.96. The molecule has 118 valence electrons. The van der Waals surface area contributed by atoms with Gasteiger partial charge in [-0.25, -0.2) is 0 Å². The summed E-state index contributed by atoms with van der Waals surface area (Å²) in [6, 6.07) is 9.43. The minimum Gasteiger partial charge on any atom is -0.508 e. The van der Waals surface area contributed by atoms with Crippen LogP contribution in [0.1, 0.15) is 5.56 Å². The molecule has 2 aromatic carbocycles. The third-order valence-electron chi connectivity index (χ3n) is 3.54. The van der Waals surface area contributed by atoms with E-state index in [2.05, 4.69) is 5.16 Å². The van der Waals surface area contributed by atoms with E-state index in [0.29, 0.717) is 5.69 Å². The summed E-state index contributed by atoms with van der Waals surface area (Å²) in [7, 11) is 1.59. The van der Waals surface area contributed by atoms with Gasteiger partial charge < -0.3 is 24.6 Å². The first-order chi connectivity index (χ1) is 11.0. The van der Waals surface area contributed by atoms with Crippen LogP contribution in [0.2, 0.25) is 0 Å². The second kappa shape index (κ2) is 5.57. The first-order valence-corrected chi connectivity index (χ1v) is 6.86. The predicted molar refractivity (Wildman–Crippen MR) is 83.7 cm³/mol. The molecule has 0 atom stereocenters. The van der Waals surface area contributed by atoms with Crippen molar-refractivity contribution >= 4 is 0 Å². The zero-order valence-corrected chi connectivity index (χ0v) is 12.6. The lowest BCUT2D eigenvalue weighted by molar-refractivity contribution is 0.410. The summed E-state index contributed by atoms with van der Waals surface area (Å²) in [6.07, 6.45) is 0. The molecule has 3 aromatic rings. The van der Waals surface area contributed by atoms with Gasteiger partial charge in [0.1, 0.15) is 34.3 Å². The minimum absolute atomic E-state index is 0.0700. The lowest BCUT2D eigenvalue weighted by Crippen LogP contribution is -1.87. The van der Waals surface area contributed by atoms with Crippen LogP contribution < -0.4 is 4.74 Å². The minimum atomic E-state index is -0.299. The maximum Gasteiger partial charge on any atom is 0.174 e. The van der Waals surface area contributed by atoms with E-state index < -0.39 is 0 Å². The van der Waals surface area contributed by atoms with E-state index in [-0.39, 0.29) is 28.6 Å². The Morgan fingerprint density at radius 3 is 2.35 bits per heavy atom. The molecule has 0 aliphatic carbocycles. The van der Waals surface area contributed by atoms with Gasteiger partial charge in [-0.2, -0.15) is 0 Å². The molecule has 6 heteroatoms. The third-order valence-corrected chi connectivity index (χ3v) is 3.54. The van der Waals surface area contributed by atoms with Crippen molar-refractivity contribution in [3.8, 4) is 45.6 Å². The Hall–Kier alpha value is -3.15. The number of aromatic hydroxyl groups is 3. The normalized spacial score (nSPS) is 10.7. The van der Waals surface area contributed by atoms with Gasteiger partial charge in [0.15, 0.2) is 5.76 Å². The van der Waals surface area contributed by atoms with Crippen LogP contribution in [-0.2, 0) is 0 Å². The van der Waals surface area contributed by atoms with Crippen molar-refractivity contribution in [3.63, 3.8) is 0 Å². The van der Waals surface area contributed by atoms with E-state index in [0.717, 1.165) is 29.0 Å². The Labute approximate surface area is 132 Å². The van der Waals surface area contributed by atoms with E-state index in [9.17, 15) is 15.3 Å². The number of benzene rings is 2. The van der Waals surface area contributed by atoms with E-state index in [1.54, 1.807) is 13.2 Å². The van der Waals surface area contributed by atoms with E-state index in [1.807, 2.05) is 25.1 Å². The molecule has 0 radical (unpaired) electrons. The first kappa shape index (κ1) is 14.8. The van der Waals surface area contributed by atoms with Crippen molar-refractivity contribution in [2.45, 2.75) is 6.92 Å². The van der Waals surface area contributed by atoms with Gasteiger partial charge in [0.25, 0.3) is 0 Å². The lowest BCUT2D eigenvalue weighted by atomic mass is 10.1. The second-order valence-electron chi connectivity index (χ2n) is 5.12. The molecule has 0 saturated carbocycles. The molecule has 0 unspecified atom stereocenters. The van der Waals surface area contributed by atoms with Gasteiger partial charge in [-0.05, 0) is 18.6 Å². The van der Waals surface area contributed by atoms with E-state index in [1.165, 1.54) is 0 Å². The molecule has 3 N–H and O–H groups in total. The number of phenolic OH excluding ortho intramolecular Hbond substituents is 3. The molecule has 1 aromatic heterocycles. The number of nitrogens with zero attached hydrogens (tertiary/aromatic N) is 1. The van der Waals surface area contributed by atoms with E-state index >= 15 is 0 Å². The average molecular weight is 313 g/mol. The van der Waals surface area contributed by atoms with Gasteiger partial charge in [-0.15, -0.1) is 0 Å². The summed E-state index contributed by atoms with van der Waals surface area (Å²) >= 11 is 0. The molecule has 0 saturated heterocycles. The van der Waals surface area contributed by atoms with Crippen molar-refractivity contribution in [3.05, 3.63) is 42.0 Å². The number of hydrogen-bond acceptors (Lipinski definition) is 6. The lowest BCUT2D eigenvalue weighted by Gasteiger charge is -2.05. The second-order valence-corrected chi connectivity index (χ2v) is 5.12. The molecule has 0 fully saturated rings. The fraction of sp³-hybridized carbons (Fsp3) is 0.118. The molecule has 6 nitrogen and oxygen atoms in total. The monoisotopic (exact) mass is 313 g/mol. The van der Waals surface area contributed by atoms with Crippen molar-refractivity contribution in [2.75, 3.05) is 7.11 Å². The van der Waals surface area contributed by atoms with Gasteiger partial charge in [0, 0.05) is 23.8 Å². The summed E-state index contributed by atoms with van der Waals surface area (Å²) in [4.78, 5) is 0. The number of aryl methyl sites for hydroxylation is 1. The van der Waals surface area contributed by atoms with Crippen LogP contribution in [0.3, 0.4) is 0 Å². The highest BCUT2D eigenvalue weighted by atomic mass is 16.5. The predicted octanol–water partition coefficient (Wildman–Crippen LogP) is 3.44. The molecule has 0 spiro atoms. The molecule has 23 heavy (non-hydrogen) atoms. The maximum atomic E-state index is 9.90. The van der Waals surface area contributed by atoms with Crippen molar-refractivity contribution in [1.29, 1.82) is 0 Å². The smallest absolute Gasteiger partial charge is 0.174 e. The van der Waals surface area contributed by atoms with Crippen LogP contribution in [0.25, 0.3) is 22.6 Å². The van der Waals surface area contributed by atoms with Gasteiger partial charge in [-0.3, -0.25) is 0 Å². The van der Waals surface area contributed by atoms with Gasteiger partial charge >= 0.3 is 0 Å². The number of ether oxygens (including phenoxy) is 1. The van der Waals surface area contributed by atoms with Crippen LogP contribution in [0.15, 0.2) is 40.9 Å². The highest BCUT2D eigenvalue weighted by molar-refractivity contribution is 5.76. The highest BCUT2D eigenvalue weighted by Crippen LogP contribution is 2.41. The first-order valence-electron chi connectivity index (χ1n) is 6.86. The molecule has 3 rings (SSSR count). The molecule has 1 heterocycles. The summed E-state index contributed by atoms with van der Waals surface area (Å²) in [5.74, 6) is 0.0713. The van der Waals surface area contributed by atoms with Crippen LogP contribution in [0.5, 0.6) is 23.0 Å². The topological polar surface area (TPSA) is 96.0 Å². The van der Waals surface area contributed by atoms with Crippen LogP contribution in [0, 0.1) is 6.92 Å². The number of aromatic nitrogens is 1. The Kier molecular flexibility index (Phi) is 3.57. The summed E-state index contributed by atoms with van der Waals surface area (Å²) in [5.41, 5.74) is 2.37. The number of rotatable bonds is 3. The largest absolute Gasteiger partial charge is 0.508 e. The van der Waals surface area contributed by atoms with E-state index in [4.69, 9.17) is 9.26 Å². The SMILES string of the molecule is COc1cc(-c2cc(-c3c(O)cc(O)cc3O)on2)ccc1C. The molecular weight excluding hydrogens is 298 g/mol. The Morgan fingerprint density at radius 2 is 1.70 bits per heavy atom. The summed E-state index contributed by atoms with van der Waals surface area (Å²) < 4.78 is 10.5. The molecule has 0 bridgehead atoms.